The normalized spacial score (nSPS) is 10.5. The molecule has 5 nitrogen and oxygen atoms in total. The van der Waals surface area contributed by atoms with E-state index >= 15 is 0 Å². The van der Waals surface area contributed by atoms with Gasteiger partial charge in [-0.3, -0.25) is 4.79 Å². The number of benzene rings is 1. The number of carboxylic acid groups (broad SMARTS) is 1. The minimum Gasteiger partial charge on any atom is -0.478 e. The van der Waals surface area contributed by atoms with Crippen molar-refractivity contribution in [2.45, 2.75) is 0 Å². The Morgan fingerprint density at radius 2 is 1.95 bits per heavy atom. The van der Waals surface area contributed by atoms with E-state index in [9.17, 15) is 9.59 Å². The number of carbonyl (C=O) groups is 2. The molecular formula is C15H11BrN2O3. The highest BCUT2D eigenvalue weighted by molar-refractivity contribution is 9.10. The molecular weight excluding hydrogens is 336 g/mol. The topological polar surface area (TPSA) is 79.3 Å². The molecule has 0 fully saturated rings. The number of nitrogens with one attached hydrogen (secondary N) is 1. The SMILES string of the molecule is O=C(C=Cc1ccccc1Br)Nc1ncccc1C(=O)O. The van der Waals surface area contributed by atoms with Crippen LogP contribution in [0.25, 0.3) is 6.08 Å². The predicted octanol–water partition coefficient (Wildman–Crippen LogP) is 3.19. The molecule has 2 aromatic rings. The Morgan fingerprint density at radius 3 is 2.67 bits per heavy atom. The van der Waals surface area contributed by atoms with Gasteiger partial charge < -0.3 is 10.4 Å². The van der Waals surface area contributed by atoms with Crippen LogP contribution in [0.15, 0.2) is 53.1 Å². The second-order valence-corrected chi connectivity index (χ2v) is 4.90. The van der Waals surface area contributed by atoms with E-state index in [0.717, 1.165) is 10.0 Å². The predicted molar refractivity (Wildman–Crippen MR) is 83.0 cm³/mol. The number of amides is 1. The fourth-order valence-corrected chi connectivity index (χ4v) is 2.03. The second-order valence-electron chi connectivity index (χ2n) is 4.05. The van der Waals surface area contributed by atoms with Crippen LogP contribution in [0.4, 0.5) is 5.82 Å². The summed E-state index contributed by atoms with van der Waals surface area (Å²) in [7, 11) is 0. The van der Waals surface area contributed by atoms with Crippen molar-refractivity contribution >= 4 is 39.7 Å². The molecule has 0 atom stereocenters. The number of hydrogen-bond donors (Lipinski definition) is 2. The quantitative estimate of drug-likeness (QED) is 0.833. The van der Waals surface area contributed by atoms with Crippen LogP contribution in [0.5, 0.6) is 0 Å². The van der Waals surface area contributed by atoms with Crippen LogP contribution in [0.2, 0.25) is 0 Å². The van der Waals surface area contributed by atoms with Crippen molar-refractivity contribution in [1.82, 2.24) is 4.98 Å². The molecule has 0 bridgehead atoms. The zero-order chi connectivity index (χ0) is 15.2. The van der Waals surface area contributed by atoms with Crippen LogP contribution in [-0.2, 0) is 4.79 Å². The van der Waals surface area contributed by atoms with Crippen molar-refractivity contribution in [2.75, 3.05) is 5.32 Å². The van der Waals surface area contributed by atoms with Gasteiger partial charge in [0.25, 0.3) is 0 Å². The largest absolute Gasteiger partial charge is 0.478 e. The lowest BCUT2D eigenvalue weighted by atomic mass is 10.2. The highest BCUT2D eigenvalue weighted by Gasteiger charge is 2.11. The van der Waals surface area contributed by atoms with Gasteiger partial charge in [0, 0.05) is 16.7 Å². The van der Waals surface area contributed by atoms with E-state index in [4.69, 9.17) is 5.11 Å². The molecule has 6 heteroatoms. The Balaban J connectivity index is 2.13. The first kappa shape index (κ1) is 14.9. The van der Waals surface area contributed by atoms with Gasteiger partial charge in [0.15, 0.2) is 0 Å². The Morgan fingerprint density at radius 1 is 1.19 bits per heavy atom. The summed E-state index contributed by atoms with van der Waals surface area (Å²) in [5, 5.41) is 11.5. The average Bonchev–Trinajstić information content (AvgIpc) is 2.47. The molecule has 106 valence electrons. The first-order valence-corrected chi connectivity index (χ1v) is 6.79. The number of aromatic carboxylic acids is 1. The van der Waals surface area contributed by atoms with Gasteiger partial charge in [-0.05, 0) is 29.8 Å². The van der Waals surface area contributed by atoms with E-state index in [0.29, 0.717) is 0 Å². The van der Waals surface area contributed by atoms with Crippen molar-refractivity contribution < 1.29 is 14.7 Å². The third-order valence-corrected chi connectivity index (χ3v) is 3.32. The second kappa shape index (κ2) is 6.81. The molecule has 0 aliphatic heterocycles. The summed E-state index contributed by atoms with van der Waals surface area (Å²) >= 11 is 3.37. The molecule has 1 aromatic carbocycles. The van der Waals surface area contributed by atoms with Crippen LogP contribution >= 0.6 is 15.9 Å². The fourth-order valence-electron chi connectivity index (χ4n) is 1.61. The van der Waals surface area contributed by atoms with Crippen molar-refractivity contribution in [2.24, 2.45) is 0 Å². The number of nitrogens with zero attached hydrogens (tertiary/aromatic N) is 1. The molecule has 0 unspecified atom stereocenters. The van der Waals surface area contributed by atoms with E-state index in [1.807, 2.05) is 24.3 Å². The Bertz CT molecular complexity index is 714. The van der Waals surface area contributed by atoms with Crippen molar-refractivity contribution in [3.05, 3.63) is 64.3 Å². The molecule has 0 radical (unpaired) electrons. The molecule has 0 aliphatic carbocycles. The zero-order valence-corrected chi connectivity index (χ0v) is 12.4. The van der Waals surface area contributed by atoms with Crippen molar-refractivity contribution in [3.63, 3.8) is 0 Å². The molecule has 1 aromatic heterocycles. The Hall–Kier alpha value is -2.47. The van der Waals surface area contributed by atoms with E-state index < -0.39 is 11.9 Å². The maximum absolute atomic E-state index is 11.8. The molecule has 21 heavy (non-hydrogen) atoms. The van der Waals surface area contributed by atoms with Crippen molar-refractivity contribution in [3.8, 4) is 0 Å². The minimum absolute atomic E-state index is 0.0202. The lowest BCUT2D eigenvalue weighted by Crippen LogP contribution is -2.13. The fraction of sp³-hybridized carbons (Fsp3) is 0. The Labute approximate surface area is 129 Å². The van der Waals surface area contributed by atoms with E-state index in [2.05, 4.69) is 26.2 Å². The zero-order valence-electron chi connectivity index (χ0n) is 10.8. The number of anilines is 1. The summed E-state index contributed by atoms with van der Waals surface area (Å²) in [5.74, 6) is -1.58. The molecule has 2 N–H and O–H groups in total. The highest BCUT2D eigenvalue weighted by atomic mass is 79.9. The highest BCUT2D eigenvalue weighted by Crippen LogP contribution is 2.17. The van der Waals surface area contributed by atoms with E-state index in [-0.39, 0.29) is 11.4 Å². The summed E-state index contributed by atoms with van der Waals surface area (Å²) in [5.41, 5.74) is 0.785. The van der Waals surface area contributed by atoms with Crippen LogP contribution in [0.1, 0.15) is 15.9 Å². The molecule has 0 aliphatic rings. The van der Waals surface area contributed by atoms with Crippen LogP contribution < -0.4 is 5.32 Å². The number of carboxylic acids is 1. The number of aromatic nitrogens is 1. The Kier molecular flexibility index (Phi) is 4.84. The summed E-state index contributed by atoms with van der Waals surface area (Å²) < 4.78 is 0.859. The minimum atomic E-state index is -1.15. The first-order valence-electron chi connectivity index (χ1n) is 6.00. The number of pyridine rings is 1. The lowest BCUT2D eigenvalue weighted by Gasteiger charge is -2.04. The monoisotopic (exact) mass is 346 g/mol. The van der Waals surface area contributed by atoms with Crippen LogP contribution in [-0.4, -0.2) is 22.0 Å². The number of carbonyl (C=O) groups excluding carboxylic acids is 1. The van der Waals surface area contributed by atoms with Gasteiger partial charge in [-0.2, -0.15) is 0 Å². The summed E-state index contributed by atoms with van der Waals surface area (Å²) in [4.78, 5) is 26.7. The molecule has 0 spiro atoms. The van der Waals surface area contributed by atoms with Gasteiger partial charge in [0.2, 0.25) is 5.91 Å². The third kappa shape index (κ3) is 4.00. The van der Waals surface area contributed by atoms with Gasteiger partial charge in [-0.15, -0.1) is 0 Å². The molecule has 2 rings (SSSR count). The molecule has 1 heterocycles. The molecule has 0 saturated carbocycles. The van der Waals surface area contributed by atoms with Gasteiger partial charge in [0.1, 0.15) is 11.4 Å². The van der Waals surface area contributed by atoms with Crippen molar-refractivity contribution in [1.29, 1.82) is 0 Å². The van der Waals surface area contributed by atoms with E-state index in [1.54, 1.807) is 6.08 Å². The summed E-state index contributed by atoms with van der Waals surface area (Å²) in [6.07, 6.45) is 4.36. The standard InChI is InChI=1S/C15H11BrN2O3/c16-12-6-2-1-4-10(12)7-8-13(19)18-14-11(15(20)21)5-3-9-17-14/h1-9H,(H,20,21)(H,17,18,19). The average molecular weight is 347 g/mol. The number of hydrogen-bond acceptors (Lipinski definition) is 3. The van der Waals surface area contributed by atoms with Crippen LogP contribution in [0.3, 0.4) is 0 Å². The van der Waals surface area contributed by atoms with Crippen LogP contribution in [0, 0.1) is 0 Å². The first-order chi connectivity index (χ1) is 10.1. The third-order valence-electron chi connectivity index (χ3n) is 2.60. The number of rotatable bonds is 4. The van der Waals surface area contributed by atoms with Gasteiger partial charge in [0.05, 0.1) is 0 Å². The van der Waals surface area contributed by atoms with Gasteiger partial charge in [-0.25, -0.2) is 9.78 Å². The lowest BCUT2D eigenvalue weighted by molar-refractivity contribution is -0.111. The van der Waals surface area contributed by atoms with Gasteiger partial charge in [-0.1, -0.05) is 34.1 Å². The maximum Gasteiger partial charge on any atom is 0.339 e. The smallest absolute Gasteiger partial charge is 0.339 e. The number of halogens is 1. The van der Waals surface area contributed by atoms with E-state index in [1.165, 1.54) is 24.4 Å². The molecule has 1 amide bonds. The van der Waals surface area contributed by atoms with Gasteiger partial charge >= 0.3 is 5.97 Å². The summed E-state index contributed by atoms with van der Waals surface area (Å²) in [6.45, 7) is 0. The summed E-state index contributed by atoms with van der Waals surface area (Å²) in [6, 6.07) is 10.3. The maximum atomic E-state index is 11.8. The molecule has 0 saturated heterocycles.